The number of rotatable bonds is 7. The normalized spacial score (nSPS) is 11.2. The van der Waals surface area contributed by atoms with Crippen LogP contribution < -0.4 is 11.1 Å². The topological polar surface area (TPSA) is 157 Å². The summed E-state index contributed by atoms with van der Waals surface area (Å²) in [7, 11) is -3.40. The van der Waals surface area contributed by atoms with Crippen LogP contribution in [0.25, 0.3) is 11.5 Å². The molecule has 10 nitrogen and oxygen atoms in total. The molecular formula is C24H27ClN6O4S. The van der Waals surface area contributed by atoms with E-state index in [1.54, 1.807) is 6.07 Å². The molecule has 0 saturated heterocycles. The first kappa shape index (κ1) is 27.1. The van der Waals surface area contributed by atoms with Gasteiger partial charge in [0.05, 0.1) is 15.5 Å². The van der Waals surface area contributed by atoms with Crippen molar-refractivity contribution in [1.82, 2.24) is 20.2 Å². The van der Waals surface area contributed by atoms with Crippen LogP contribution in [-0.2, 0) is 16.3 Å². The third-order valence-electron chi connectivity index (χ3n) is 4.81. The number of nitrogens with two attached hydrogens (primary N) is 1. The molecule has 2 aromatic carbocycles. The molecule has 4 rings (SSSR count). The van der Waals surface area contributed by atoms with E-state index in [1.807, 2.05) is 44.2 Å². The van der Waals surface area contributed by atoms with Crippen LogP contribution in [0.5, 0.6) is 0 Å². The lowest BCUT2D eigenvalue weighted by molar-refractivity contribution is 0.299. The first-order valence-electron chi connectivity index (χ1n) is 11.0. The fraction of sp³-hybridized carbons (Fsp3) is 0.250. The lowest BCUT2D eigenvalue weighted by Crippen LogP contribution is -2.03. The Labute approximate surface area is 214 Å². The number of aliphatic hydroxyl groups excluding tert-OH is 1. The first-order valence-corrected chi connectivity index (χ1v) is 13.2. The van der Waals surface area contributed by atoms with Crippen LogP contribution in [0.4, 0.5) is 17.5 Å². The van der Waals surface area contributed by atoms with E-state index in [4.69, 9.17) is 26.9 Å². The number of aliphatic hydroxyl groups is 1. The Morgan fingerprint density at radius 2 is 1.86 bits per heavy atom. The van der Waals surface area contributed by atoms with Gasteiger partial charge in [0, 0.05) is 30.7 Å². The van der Waals surface area contributed by atoms with Crippen molar-refractivity contribution in [3.63, 3.8) is 0 Å². The summed E-state index contributed by atoms with van der Waals surface area (Å²) in [6.07, 6.45) is 3.32. The zero-order valence-corrected chi connectivity index (χ0v) is 21.6. The van der Waals surface area contributed by atoms with E-state index >= 15 is 0 Å². The summed E-state index contributed by atoms with van der Waals surface area (Å²) in [6.45, 7) is 4.11. The highest BCUT2D eigenvalue weighted by molar-refractivity contribution is 7.90. The van der Waals surface area contributed by atoms with Gasteiger partial charge in [0.1, 0.15) is 5.82 Å². The highest BCUT2D eigenvalue weighted by Gasteiger charge is 2.16. The third-order valence-corrected chi connectivity index (χ3v) is 6.39. The van der Waals surface area contributed by atoms with Crippen LogP contribution >= 0.6 is 11.6 Å². The van der Waals surface area contributed by atoms with Crippen LogP contribution in [-0.4, -0.2) is 46.6 Å². The van der Waals surface area contributed by atoms with Gasteiger partial charge in [-0.15, -0.1) is 10.2 Å². The SMILES string of the molecule is CC(C)c1nnc(-c2cnc(Nc3ccc(S(C)(=O)=O)c(Cl)c3)nc2N)o1.OCCc1ccccc1. The minimum Gasteiger partial charge on any atom is -0.420 e. The molecule has 0 amide bonds. The summed E-state index contributed by atoms with van der Waals surface area (Å²) in [6, 6.07) is 14.4. The van der Waals surface area contributed by atoms with Crippen molar-refractivity contribution in [2.24, 2.45) is 0 Å². The number of sulfone groups is 1. The summed E-state index contributed by atoms with van der Waals surface area (Å²) in [5.41, 5.74) is 8.11. The number of aromatic nitrogens is 4. The number of nitrogens with zero attached hydrogens (tertiary/aromatic N) is 4. The lowest BCUT2D eigenvalue weighted by Gasteiger charge is -2.09. The number of benzene rings is 2. The van der Waals surface area contributed by atoms with E-state index in [9.17, 15) is 8.42 Å². The van der Waals surface area contributed by atoms with Gasteiger partial charge in [-0.2, -0.15) is 4.98 Å². The Morgan fingerprint density at radius 1 is 1.14 bits per heavy atom. The molecule has 0 atom stereocenters. The zero-order valence-electron chi connectivity index (χ0n) is 20.0. The molecule has 0 aliphatic rings. The molecule has 4 N–H and O–H groups in total. The average molecular weight is 531 g/mol. The molecule has 12 heteroatoms. The number of anilines is 3. The summed E-state index contributed by atoms with van der Waals surface area (Å²) < 4.78 is 28.8. The van der Waals surface area contributed by atoms with Crippen molar-refractivity contribution in [2.45, 2.75) is 31.1 Å². The molecule has 0 bridgehead atoms. The van der Waals surface area contributed by atoms with Gasteiger partial charge in [0.15, 0.2) is 9.84 Å². The van der Waals surface area contributed by atoms with Crippen molar-refractivity contribution < 1.29 is 17.9 Å². The van der Waals surface area contributed by atoms with Gasteiger partial charge in [-0.05, 0) is 30.2 Å². The van der Waals surface area contributed by atoms with E-state index < -0.39 is 9.84 Å². The molecule has 2 heterocycles. The Kier molecular flexibility index (Phi) is 8.97. The third kappa shape index (κ3) is 7.23. The number of nitrogen functional groups attached to an aromatic ring is 1. The van der Waals surface area contributed by atoms with E-state index in [1.165, 1.54) is 23.9 Å². The number of nitrogens with one attached hydrogen (secondary N) is 1. The molecule has 0 saturated carbocycles. The van der Waals surface area contributed by atoms with Crippen LogP contribution in [0.1, 0.15) is 31.2 Å². The molecular weight excluding hydrogens is 504 g/mol. The number of halogens is 1. The van der Waals surface area contributed by atoms with E-state index in [0.717, 1.165) is 12.7 Å². The second-order valence-electron chi connectivity index (χ2n) is 8.09. The molecule has 4 aromatic rings. The molecule has 0 aliphatic carbocycles. The fourth-order valence-electron chi connectivity index (χ4n) is 2.98. The Morgan fingerprint density at radius 3 is 2.42 bits per heavy atom. The van der Waals surface area contributed by atoms with Crippen LogP contribution in [0.3, 0.4) is 0 Å². The molecule has 0 fully saturated rings. The Bertz CT molecular complexity index is 1410. The van der Waals surface area contributed by atoms with Gasteiger partial charge in [-0.3, -0.25) is 0 Å². The molecule has 190 valence electrons. The van der Waals surface area contributed by atoms with Crippen LogP contribution in [0.2, 0.25) is 5.02 Å². The number of hydrogen-bond donors (Lipinski definition) is 3. The standard InChI is InChI=1S/C16H17ClN6O3S.C8H10O/c1-8(2)14-22-23-15(26-14)10-7-19-16(21-13(10)18)20-9-4-5-12(11(17)6-9)27(3,24)25;9-7-6-8-4-2-1-3-5-8/h4-8H,1-3H3,(H3,18,19,20,21);1-5,9H,6-7H2. The van der Waals surface area contributed by atoms with E-state index in [2.05, 4.69) is 25.5 Å². The second-order valence-corrected chi connectivity index (χ2v) is 10.5. The highest BCUT2D eigenvalue weighted by atomic mass is 35.5. The van der Waals surface area contributed by atoms with Gasteiger partial charge in [-0.1, -0.05) is 55.8 Å². The van der Waals surface area contributed by atoms with Crippen molar-refractivity contribution in [1.29, 1.82) is 0 Å². The van der Waals surface area contributed by atoms with Crippen molar-refractivity contribution in [3.8, 4) is 11.5 Å². The molecule has 0 aliphatic heterocycles. The predicted molar refractivity (Wildman–Crippen MR) is 139 cm³/mol. The van der Waals surface area contributed by atoms with E-state index in [-0.39, 0.29) is 40.1 Å². The Hall–Kier alpha value is -3.54. The largest absolute Gasteiger partial charge is 0.420 e. The Balaban J connectivity index is 0.000000338. The lowest BCUT2D eigenvalue weighted by atomic mass is 10.2. The average Bonchev–Trinajstić information content (AvgIpc) is 3.30. The summed E-state index contributed by atoms with van der Waals surface area (Å²) in [4.78, 5) is 8.39. The maximum atomic E-state index is 11.6. The van der Waals surface area contributed by atoms with Gasteiger partial charge in [0.2, 0.25) is 11.8 Å². The molecule has 0 spiro atoms. The summed E-state index contributed by atoms with van der Waals surface area (Å²) >= 11 is 6.03. The quantitative estimate of drug-likeness (QED) is 0.315. The first-order chi connectivity index (χ1) is 17.1. The molecule has 0 radical (unpaired) electrons. The summed E-state index contributed by atoms with van der Waals surface area (Å²) in [5.74, 6) is 1.19. The van der Waals surface area contributed by atoms with Gasteiger partial charge < -0.3 is 20.6 Å². The monoisotopic (exact) mass is 530 g/mol. The maximum Gasteiger partial charge on any atom is 0.253 e. The van der Waals surface area contributed by atoms with Gasteiger partial charge in [0.25, 0.3) is 5.89 Å². The van der Waals surface area contributed by atoms with Crippen molar-refractivity contribution in [2.75, 3.05) is 23.9 Å². The van der Waals surface area contributed by atoms with Crippen molar-refractivity contribution in [3.05, 3.63) is 71.2 Å². The van der Waals surface area contributed by atoms with E-state index in [0.29, 0.717) is 17.1 Å². The number of hydrogen-bond acceptors (Lipinski definition) is 10. The van der Waals surface area contributed by atoms with Crippen LogP contribution in [0, 0.1) is 0 Å². The maximum absolute atomic E-state index is 11.6. The zero-order chi connectivity index (χ0) is 26.3. The minimum absolute atomic E-state index is 0.0443. The molecule has 2 aromatic heterocycles. The fourth-order valence-corrected chi connectivity index (χ4v) is 4.31. The second kappa shape index (κ2) is 11.9. The van der Waals surface area contributed by atoms with Crippen LogP contribution in [0.15, 0.2) is 64.0 Å². The van der Waals surface area contributed by atoms with Gasteiger partial charge in [-0.25, -0.2) is 13.4 Å². The van der Waals surface area contributed by atoms with Gasteiger partial charge >= 0.3 is 0 Å². The highest BCUT2D eigenvalue weighted by Crippen LogP contribution is 2.28. The molecule has 0 unspecified atom stereocenters. The summed E-state index contributed by atoms with van der Waals surface area (Å²) in [5, 5.41) is 19.4. The predicted octanol–water partition coefficient (Wildman–Crippen LogP) is 4.25. The smallest absolute Gasteiger partial charge is 0.253 e. The molecule has 36 heavy (non-hydrogen) atoms. The van der Waals surface area contributed by atoms with Crippen molar-refractivity contribution >= 4 is 38.9 Å². The minimum atomic E-state index is -3.40.